The molecule has 7 nitrogen and oxygen atoms in total. The highest BCUT2D eigenvalue weighted by Gasteiger charge is 2.25. The van der Waals surface area contributed by atoms with Gasteiger partial charge >= 0.3 is 0 Å². The third-order valence-corrected chi connectivity index (χ3v) is 5.30. The van der Waals surface area contributed by atoms with Gasteiger partial charge in [-0.3, -0.25) is 4.79 Å². The fraction of sp³-hybridized carbons (Fsp3) is 0.381. The van der Waals surface area contributed by atoms with Gasteiger partial charge in [0, 0.05) is 42.9 Å². The van der Waals surface area contributed by atoms with Crippen molar-refractivity contribution in [3.63, 3.8) is 0 Å². The van der Waals surface area contributed by atoms with E-state index in [1.165, 1.54) is 0 Å². The number of hydrogen-bond acceptors (Lipinski definition) is 5. The summed E-state index contributed by atoms with van der Waals surface area (Å²) in [5.41, 5.74) is 2.71. The number of carbonyl (C=O) groups is 1. The maximum atomic E-state index is 12.9. The van der Waals surface area contributed by atoms with Crippen molar-refractivity contribution in [3.05, 3.63) is 65.6 Å². The highest BCUT2D eigenvalue weighted by atomic mass is 16.3. The molecule has 0 bridgehead atoms. The third-order valence-electron chi connectivity index (χ3n) is 5.30. The highest BCUT2D eigenvalue weighted by Crippen LogP contribution is 2.19. The Hall–Kier alpha value is -3.09. The van der Waals surface area contributed by atoms with Crippen molar-refractivity contribution >= 4 is 11.9 Å². The molecule has 1 aliphatic heterocycles. The van der Waals surface area contributed by atoms with E-state index >= 15 is 0 Å². The number of rotatable bonds is 5. The number of furan rings is 1. The summed E-state index contributed by atoms with van der Waals surface area (Å²) in [6.07, 6.45) is 7.13. The monoisotopic (exact) mass is 379 g/mol. The number of piperidine rings is 1. The SMILES string of the molecule is Cc1cc(C(=O)N[C@H]2CCCN(c3ncccn3)C2)c(C)n1Cc1ccco1. The average molecular weight is 379 g/mol. The van der Waals surface area contributed by atoms with Crippen LogP contribution in [0.2, 0.25) is 0 Å². The molecule has 1 amide bonds. The third kappa shape index (κ3) is 3.78. The van der Waals surface area contributed by atoms with E-state index in [-0.39, 0.29) is 11.9 Å². The molecule has 4 heterocycles. The summed E-state index contributed by atoms with van der Waals surface area (Å²) in [6.45, 7) is 6.26. The van der Waals surface area contributed by atoms with Crippen molar-refractivity contribution in [2.45, 2.75) is 39.3 Å². The molecule has 0 aliphatic carbocycles. The second kappa shape index (κ2) is 7.88. The van der Waals surface area contributed by atoms with Crippen LogP contribution in [0.4, 0.5) is 5.95 Å². The van der Waals surface area contributed by atoms with Gasteiger partial charge in [0.25, 0.3) is 5.91 Å². The first-order valence-corrected chi connectivity index (χ1v) is 9.64. The van der Waals surface area contributed by atoms with Gasteiger partial charge in [-0.25, -0.2) is 9.97 Å². The first-order valence-electron chi connectivity index (χ1n) is 9.64. The first kappa shape index (κ1) is 18.3. The molecule has 1 fully saturated rings. The molecule has 1 N–H and O–H groups in total. The number of aromatic nitrogens is 3. The fourth-order valence-corrected chi connectivity index (χ4v) is 3.83. The predicted octanol–water partition coefficient (Wildman–Crippen LogP) is 2.94. The van der Waals surface area contributed by atoms with Crippen LogP contribution in [0.15, 0.2) is 47.3 Å². The van der Waals surface area contributed by atoms with Crippen LogP contribution in [-0.2, 0) is 6.54 Å². The zero-order chi connectivity index (χ0) is 19.5. The van der Waals surface area contributed by atoms with Gasteiger partial charge in [0.05, 0.1) is 18.4 Å². The van der Waals surface area contributed by atoms with Gasteiger partial charge in [0.2, 0.25) is 5.95 Å². The standard InChI is InChI=1S/C21H25N5O2/c1-15-12-19(16(2)26(15)14-18-7-4-11-28-18)20(27)24-17-6-3-10-25(13-17)21-22-8-5-9-23-21/h4-5,7-9,11-12,17H,3,6,10,13-14H2,1-2H3,(H,24,27)/t17-/m0/s1. The number of carbonyl (C=O) groups excluding carboxylic acids is 1. The van der Waals surface area contributed by atoms with Gasteiger partial charge < -0.3 is 19.2 Å². The summed E-state index contributed by atoms with van der Waals surface area (Å²) >= 11 is 0. The lowest BCUT2D eigenvalue weighted by atomic mass is 10.1. The van der Waals surface area contributed by atoms with Crippen LogP contribution in [0.25, 0.3) is 0 Å². The molecule has 0 aromatic carbocycles. The molecule has 4 rings (SSSR count). The summed E-state index contributed by atoms with van der Waals surface area (Å²) in [7, 11) is 0. The molecule has 7 heteroatoms. The van der Waals surface area contributed by atoms with Crippen molar-refractivity contribution in [1.82, 2.24) is 19.9 Å². The topological polar surface area (TPSA) is 76.2 Å². The molecular formula is C21H25N5O2. The molecule has 0 saturated carbocycles. The van der Waals surface area contributed by atoms with E-state index in [2.05, 4.69) is 24.8 Å². The fourth-order valence-electron chi connectivity index (χ4n) is 3.83. The van der Waals surface area contributed by atoms with Crippen LogP contribution in [0.1, 0.15) is 40.3 Å². The van der Waals surface area contributed by atoms with Crippen molar-refractivity contribution in [2.24, 2.45) is 0 Å². The normalized spacial score (nSPS) is 16.9. The number of anilines is 1. The van der Waals surface area contributed by atoms with Crippen molar-refractivity contribution in [3.8, 4) is 0 Å². The maximum Gasteiger partial charge on any atom is 0.253 e. The van der Waals surface area contributed by atoms with E-state index in [1.54, 1.807) is 18.7 Å². The van der Waals surface area contributed by atoms with Crippen molar-refractivity contribution < 1.29 is 9.21 Å². The molecule has 146 valence electrons. The number of nitrogens with zero attached hydrogens (tertiary/aromatic N) is 4. The molecule has 0 unspecified atom stereocenters. The maximum absolute atomic E-state index is 12.9. The van der Waals surface area contributed by atoms with E-state index in [0.29, 0.717) is 6.54 Å². The molecule has 1 atom stereocenters. The zero-order valence-corrected chi connectivity index (χ0v) is 16.3. The van der Waals surface area contributed by atoms with Gasteiger partial charge in [-0.15, -0.1) is 0 Å². The summed E-state index contributed by atoms with van der Waals surface area (Å²) < 4.78 is 7.56. The Labute approximate surface area is 164 Å². The average Bonchev–Trinajstić information content (AvgIpc) is 3.33. The quantitative estimate of drug-likeness (QED) is 0.738. The van der Waals surface area contributed by atoms with Gasteiger partial charge in [-0.05, 0) is 51.0 Å². The van der Waals surface area contributed by atoms with Crippen LogP contribution in [0, 0.1) is 13.8 Å². The van der Waals surface area contributed by atoms with Crippen LogP contribution >= 0.6 is 0 Å². The Bertz CT molecular complexity index is 933. The first-order chi connectivity index (χ1) is 13.6. The summed E-state index contributed by atoms with van der Waals surface area (Å²) in [5, 5.41) is 3.20. The minimum atomic E-state index is -0.0281. The summed E-state index contributed by atoms with van der Waals surface area (Å²) in [6, 6.07) is 7.67. The molecular weight excluding hydrogens is 354 g/mol. The second-order valence-corrected chi connectivity index (χ2v) is 7.26. The van der Waals surface area contributed by atoms with E-state index in [4.69, 9.17) is 4.42 Å². The summed E-state index contributed by atoms with van der Waals surface area (Å²) in [5.74, 6) is 1.57. The second-order valence-electron chi connectivity index (χ2n) is 7.26. The molecule has 3 aromatic rings. The van der Waals surface area contributed by atoms with Gasteiger partial charge in [0.1, 0.15) is 5.76 Å². The molecule has 3 aromatic heterocycles. The summed E-state index contributed by atoms with van der Waals surface area (Å²) in [4.78, 5) is 23.7. The van der Waals surface area contributed by atoms with E-state index < -0.39 is 0 Å². The minimum absolute atomic E-state index is 0.0281. The molecule has 28 heavy (non-hydrogen) atoms. The number of nitrogens with one attached hydrogen (secondary N) is 1. The Morgan fingerprint density at radius 3 is 2.86 bits per heavy atom. The molecule has 0 spiro atoms. The van der Waals surface area contributed by atoms with Crippen molar-refractivity contribution in [2.75, 3.05) is 18.0 Å². The van der Waals surface area contributed by atoms with E-state index in [0.717, 1.165) is 54.6 Å². The molecule has 0 radical (unpaired) electrons. The van der Waals surface area contributed by atoms with Gasteiger partial charge in [-0.1, -0.05) is 0 Å². The zero-order valence-electron chi connectivity index (χ0n) is 16.3. The van der Waals surface area contributed by atoms with Gasteiger partial charge in [0.15, 0.2) is 0 Å². The molecule has 1 aliphatic rings. The van der Waals surface area contributed by atoms with E-state index in [1.807, 2.05) is 38.1 Å². The van der Waals surface area contributed by atoms with Crippen LogP contribution in [0.3, 0.4) is 0 Å². The Morgan fingerprint density at radius 2 is 2.11 bits per heavy atom. The lowest BCUT2D eigenvalue weighted by Crippen LogP contribution is -2.48. The minimum Gasteiger partial charge on any atom is -0.467 e. The molecule has 1 saturated heterocycles. The lowest BCUT2D eigenvalue weighted by Gasteiger charge is -2.33. The highest BCUT2D eigenvalue weighted by molar-refractivity contribution is 5.96. The van der Waals surface area contributed by atoms with Crippen molar-refractivity contribution in [1.29, 1.82) is 0 Å². The number of aryl methyl sites for hydroxylation is 1. The van der Waals surface area contributed by atoms with Crippen LogP contribution in [-0.4, -0.2) is 39.6 Å². The lowest BCUT2D eigenvalue weighted by molar-refractivity contribution is 0.0932. The Kier molecular flexibility index (Phi) is 5.14. The smallest absolute Gasteiger partial charge is 0.253 e. The largest absolute Gasteiger partial charge is 0.467 e. The predicted molar refractivity (Wildman–Crippen MR) is 106 cm³/mol. The van der Waals surface area contributed by atoms with Gasteiger partial charge in [-0.2, -0.15) is 0 Å². The Balaban J connectivity index is 1.45. The Morgan fingerprint density at radius 1 is 1.29 bits per heavy atom. The van der Waals surface area contributed by atoms with Crippen LogP contribution < -0.4 is 10.2 Å². The van der Waals surface area contributed by atoms with Crippen LogP contribution in [0.5, 0.6) is 0 Å². The number of amides is 1. The van der Waals surface area contributed by atoms with E-state index in [9.17, 15) is 4.79 Å². The number of hydrogen-bond donors (Lipinski definition) is 1.